The van der Waals surface area contributed by atoms with Gasteiger partial charge in [0.15, 0.2) is 0 Å². The van der Waals surface area contributed by atoms with E-state index in [1.54, 1.807) is 0 Å². The lowest BCUT2D eigenvalue weighted by atomic mass is 10.1. The smallest absolute Gasteiger partial charge is 0.340 e. The van der Waals surface area contributed by atoms with Crippen molar-refractivity contribution in [3.8, 4) is 0 Å². The first kappa shape index (κ1) is 13.4. The number of rotatable bonds is 3. The first-order chi connectivity index (χ1) is 9.47. The van der Waals surface area contributed by atoms with Crippen molar-refractivity contribution < 1.29 is 19.1 Å². The van der Waals surface area contributed by atoms with E-state index >= 15 is 0 Å². The summed E-state index contributed by atoms with van der Waals surface area (Å²) in [7, 11) is 1.51. The van der Waals surface area contributed by atoms with Crippen molar-refractivity contribution in [1.82, 2.24) is 20.2 Å². The summed E-state index contributed by atoms with van der Waals surface area (Å²) in [6.07, 6.45) is 0. The number of carboxylic acid groups (broad SMARTS) is 1. The van der Waals surface area contributed by atoms with Crippen molar-refractivity contribution in [3.63, 3.8) is 0 Å². The molecule has 1 aromatic carbocycles. The second-order valence-corrected chi connectivity index (χ2v) is 3.65. The number of amides is 2. The third-order valence-corrected chi connectivity index (χ3v) is 2.21. The predicted molar refractivity (Wildman–Crippen MR) is 64.8 cm³/mol. The van der Waals surface area contributed by atoms with Gasteiger partial charge < -0.3 is 10.4 Å². The Morgan fingerprint density at radius 2 is 2.10 bits per heavy atom. The lowest BCUT2D eigenvalue weighted by molar-refractivity contribution is 0.0693. The van der Waals surface area contributed by atoms with E-state index in [-0.39, 0.29) is 11.6 Å². The van der Waals surface area contributed by atoms with Gasteiger partial charge in [-0.15, -0.1) is 5.10 Å². The fraction of sp³-hybridized carbons (Fsp3) is 0.100. The Morgan fingerprint density at radius 1 is 1.35 bits per heavy atom. The molecule has 9 nitrogen and oxygen atoms in total. The molecule has 0 saturated carbocycles. The predicted octanol–water partition coefficient (Wildman–Crippen LogP) is 0.691. The number of hydrogen-bond acceptors (Lipinski definition) is 5. The number of nitrogens with zero attached hydrogens (tertiary/aromatic N) is 4. The van der Waals surface area contributed by atoms with Crippen molar-refractivity contribution in [2.24, 2.45) is 7.05 Å². The van der Waals surface area contributed by atoms with E-state index in [2.05, 4.69) is 26.0 Å². The molecule has 0 saturated heterocycles. The SMILES string of the molecule is Cn1nnc(NC(=O)Nc2cccc(F)c2C(=O)O)n1. The highest BCUT2D eigenvalue weighted by Crippen LogP contribution is 2.19. The van der Waals surface area contributed by atoms with Gasteiger partial charge in [-0.25, -0.2) is 14.0 Å². The average Bonchev–Trinajstić information content (AvgIpc) is 2.74. The lowest BCUT2D eigenvalue weighted by Crippen LogP contribution is -2.22. The molecule has 0 fully saturated rings. The zero-order valence-corrected chi connectivity index (χ0v) is 10.2. The minimum atomic E-state index is -1.49. The largest absolute Gasteiger partial charge is 0.478 e. The van der Waals surface area contributed by atoms with Crippen LogP contribution in [0.3, 0.4) is 0 Å². The van der Waals surface area contributed by atoms with E-state index < -0.39 is 23.4 Å². The third kappa shape index (κ3) is 2.85. The van der Waals surface area contributed by atoms with Crippen LogP contribution in [-0.2, 0) is 7.05 Å². The van der Waals surface area contributed by atoms with E-state index in [4.69, 9.17) is 5.11 Å². The Bertz CT molecular complexity index is 671. The molecule has 1 aromatic heterocycles. The number of benzene rings is 1. The van der Waals surface area contributed by atoms with Crippen molar-refractivity contribution in [1.29, 1.82) is 0 Å². The van der Waals surface area contributed by atoms with Gasteiger partial charge in [0.1, 0.15) is 11.4 Å². The number of carbonyl (C=O) groups is 2. The summed E-state index contributed by atoms with van der Waals surface area (Å²) in [5.41, 5.74) is -0.811. The zero-order valence-electron chi connectivity index (χ0n) is 10.2. The minimum Gasteiger partial charge on any atom is -0.478 e. The second-order valence-electron chi connectivity index (χ2n) is 3.65. The number of halogens is 1. The van der Waals surface area contributed by atoms with Gasteiger partial charge >= 0.3 is 12.0 Å². The van der Waals surface area contributed by atoms with Crippen LogP contribution in [0.4, 0.5) is 20.8 Å². The number of urea groups is 1. The Morgan fingerprint density at radius 3 is 2.70 bits per heavy atom. The fourth-order valence-electron chi connectivity index (χ4n) is 1.43. The summed E-state index contributed by atoms with van der Waals surface area (Å²) in [5, 5.41) is 24.0. The number of hydrogen-bond donors (Lipinski definition) is 3. The molecule has 0 radical (unpaired) electrons. The van der Waals surface area contributed by atoms with Gasteiger partial charge in [0.2, 0.25) is 0 Å². The number of nitrogens with one attached hydrogen (secondary N) is 2. The van der Waals surface area contributed by atoms with Crippen LogP contribution in [0.1, 0.15) is 10.4 Å². The van der Waals surface area contributed by atoms with Crippen LogP contribution in [0.2, 0.25) is 0 Å². The summed E-state index contributed by atoms with van der Waals surface area (Å²) in [6.45, 7) is 0. The monoisotopic (exact) mass is 280 g/mol. The zero-order chi connectivity index (χ0) is 14.7. The molecule has 20 heavy (non-hydrogen) atoms. The highest BCUT2D eigenvalue weighted by Gasteiger charge is 2.17. The van der Waals surface area contributed by atoms with E-state index in [1.807, 2.05) is 0 Å². The van der Waals surface area contributed by atoms with Crippen LogP contribution in [0.5, 0.6) is 0 Å². The van der Waals surface area contributed by atoms with Gasteiger partial charge in [-0.1, -0.05) is 11.2 Å². The van der Waals surface area contributed by atoms with E-state index in [1.165, 1.54) is 19.2 Å². The van der Waals surface area contributed by atoms with Crippen LogP contribution >= 0.6 is 0 Å². The van der Waals surface area contributed by atoms with Crippen LogP contribution in [-0.4, -0.2) is 37.3 Å². The summed E-state index contributed by atoms with van der Waals surface area (Å²) in [4.78, 5) is 23.7. The van der Waals surface area contributed by atoms with E-state index in [0.29, 0.717) is 0 Å². The van der Waals surface area contributed by atoms with Crippen LogP contribution in [0, 0.1) is 5.82 Å². The molecule has 0 aliphatic rings. The molecule has 2 rings (SSSR count). The molecule has 3 N–H and O–H groups in total. The molecular weight excluding hydrogens is 271 g/mol. The topological polar surface area (TPSA) is 122 Å². The van der Waals surface area contributed by atoms with E-state index in [0.717, 1.165) is 10.9 Å². The lowest BCUT2D eigenvalue weighted by Gasteiger charge is -2.08. The van der Waals surface area contributed by atoms with Crippen molar-refractivity contribution >= 4 is 23.6 Å². The Kier molecular flexibility index (Phi) is 3.55. The van der Waals surface area contributed by atoms with Gasteiger partial charge in [0.05, 0.1) is 12.7 Å². The molecule has 0 unspecified atom stereocenters. The quantitative estimate of drug-likeness (QED) is 0.760. The number of anilines is 2. The normalized spacial score (nSPS) is 10.1. The van der Waals surface area contributed by atoms with Gasteiger partial charge in [-0.05, 0) is 17.3 Å². The highest BCUT2D eigenvalue weighted by molar-refractivity contribution is 6.04. The van der Waals surface area contributed by atoms with Crippen LogP contribution < -0.4 is 10.6 Å². The number of aryl methyl sites for hydroxylation is 1. The first-order valence-electron chi connectivity index (χ1n) is 5.31. The summed E-state index contributed by atoms with van der Waals surface area (Å²) in [6, 6.07) is 2.70. The molecule has 1 heterocycles. The number of tetrazole rings is 1. The van der Waals surface area contributed by atoms with Gasteiger partial charge in [-0.2, -0.15) is 4.80 Å². The molecule has 0 bridgehead atoms. The molecule has 2 amide bonds. The summed E-state index contributed by atoms with van der Waals surface area (Å²) < 4.78 is 13.4. The second kappa shape index (κ2) is 5.30. The molecule has 104 valence electrons. The molecule has 0 atom stereocenters. The molecule has 0 aliphatic carbocycles. The average molecular weight is 280 g/mol. The van der Waals surface area contributed by atoms with Crippen molar-refractivity contribution in [2.75, 3.05) is 10.6 Å². The summed E-state index contributed by atoms with van der Waals surface area (Å²) >= 11 is 0. The van der Waals surface area contributed by atoms with Crippen molar-refractivity contribution in [3.05, 3.63) is 29.6 Å². The third-order valence-electron chi connectivity index (χ3n) is 2.21. The number of carbonyl (C=O) groups excluding carboxylic acids is 1. The maximum absolute atomic E-state index is 13.4. The Balaban J connectivity index is 2.16. The fourth-order valence-corrected chi connectivity index (χ4v) is 1.43. The van der Waals surface area contributed by atoms with Crippen molar-refractivity contribution in [2.45, 2.75) is 0 Å². The molecule has 0 aliphatic heterocycles. The van der Waals surface area contributed by atoms with Gasteiger partial charge in [-0.3, -0.25) is 5.32 Å². The Hall–Kier alpha value is -3.04. The van der Waals surface area contributed by atoms with Gasteiger partial charge in [0.25, 0.3) is 5.95 Å². The van der Waals surface area contributed by atoms with Crippen LogP contribution in [0.15, 0.2) is 18.2 Å². The maximum Gasteiger partial charge on any atom is 0.340 e. The minimum absolute atomic E-state index is 0.0710. The highest BCUT2D eigenvalue weighted by atomic mass is 19.1. The number of aromatic nitrogens is 4. The number of carboxylic acids is 1. The number of aromatic carboxylic acids is 1. The van der Waals surface area contributed by atoms with Crippen LogP contribution in [0.25, 0.3) is 0 Å². The van der Waals surface area contributed by atoms with E-state index in [9.17, 15) is 14.0 Å². The molecule has 10 heteroatoms. The first-order valence-corrected chi connectivity index (χ1v) is 5.31. The maximum atomic E-state index is 13.4. The van der Waals surface area contributed by atoms with Gasteiger partial charge in [0, 0.05) is 0 Å². The molecule has 0 spiro atoms. The molecule has 2 aromatic rings. The summed E-state index contributed by atoms with van der Waals surface area (Å²) in [5.74, 6) is -2.51. The molecular formula is C10H9FN6O3. The Labute approximate surface area is 111 Å². The standard InChI is InChI=1S/C10H9FN6O3/c1-17-15-9(14-16-17)13-10(20)12-6-4-2-3-5(11)7(6)8(18)19/h2-4H,1H3,(H,18,19)(H2,12,13,15,20).